The van der Waals surface area contributed by atoms with E-state index >= 15 is 0 Å². The molecule has 2 heterocycles. The maximum absolute atomic E-state index is 5.88. The van der Waals surface area contributed by atoms with Crippen molar-refractivity contribution in [3.8, 4) is 0 Å². The molecule has 0 saturated carbocycles. The minimum atomic E-state index is 0.0231. The number of hydrogen-bond acceptors (Lipinski definition) is 4. The Bertz CT molecular complexity index is 496. The number of hydrogen-bond donors (Lipinski definition) is 1. The number of nitrogens with zero attached hydrogens (tertiary/aromatic N) is 3. The molecule has 0 aromatic carbocycles. The molecular formula is C14H18N4. The van der Waals surface area contributed by atoms with E-state index < -0.39 is 0 Å². The molecule has 0 saturated heterocycles. The lowest BCUT2D eigenvalue weighted by molar-refractivity contribution is 0.806. The van der Waals surface area contributed by atoms with Gasteiger partial charge in [0.25, 0.3) is 0 Å². The van der Waals surface area contributed by atoms with Crippen LogP contribution in [0.15, 0.2) is 42.7 Å². The molecule has 1 atom stereocenters. The maximum Gasteiger partial charge on any atom is 0.128 e. The van der Waals surface area contributed by atoms with Crippen LogP contribution >= 0.6 is 0 Å². The molecule has 0 spiro atoms. The van der Waals surface area contributed by atoms with Crippen molar-refractivity contribution in [1.82, 2.24) is 9.97 Å². The summed E-state index contributed by atoms with van der Waals surface area (Å²) in [7, 11) is 2.00. The van der Waals surface area contributed by atoms with Crippen LogP contribution in [-0.4, -0.2) is 17.0 Å². The lowest BCUT2D eigenvalue weighted by Gasteiger charge is -2.18. The largest absolute Gasteiger partial charge is 0.354 e. The van der Waals surface area contributed by atoms with E-state index in [0.29, 0.717) is 0 Å². The lowest BCUT2D eigenvalue weighted by Crippen LogP contribution is -2.19. The molecule has 2 N–H and O–H groups in total. The summed E-state index contributed by atoms with van der Waals surface area (Å²) in [6, 6.07) is 9.90. The van der Waals surface area contributed by atoms with Crippen LogP contribution in [0.5, 0.6) is 0 Å². The van der Waals surface area contributed by atoms with Crippen molar-refractivity contribution >= 4 is 5.82 Å². The highest BCUT2D eigenvalue weighted by atomic mass is 15.2. The van der Waals surface area contributed by atoms with Gasteiger partial charge < -0.3 is 10.6 Å². The van der Waals surface area contributed by atoms with Gasteiger partial charge in [0, 0.05) is 25.5 Å². The van der Waals surface area contributed by atoms with Gasteiger partial charge >= 0.3 is 0 Å². The molecule has 0 aliphatic heterocycles. The summed E-state index contributed by atoms with van der Waals surface area (Å²) in [4.78, 5) is 10.7. The molecule has 4 heteroatoms. The number of nitrogens with two attached hydrogens (primary N) is 1. The molecule has 0 bridgehead atoms. The van der Waals surface area contributed by atoms with Crippen molar-refractivity contribution in [2.24, 2.45) is 5.73 Å². The Morgan fingerprint density at radius 1 is 1.22 bits per heavy atom. The van der Waals surface area contributed by atoms with Crippen LogP contribution in [0.4, 0.5) is 5.82 Å². The van der Waals surface area contributed by atoms with Crippen LogP contribution < -0.4 is 10.6 Å². The fraction of sp³-hybridized carbons (Fsp3) is 0.286. The molecule has 2 rings (SSSR count). The Morgan fingerprint density at radius 2 is 2.06 bits per heavy atom. The molecule has 0 radical (unpaired) electrons. The zero-order chi connectivity index (χ0) is 13.0. The predicted molar refractivity (Wildman–Crippen MR) is 73.2 cm³/mol. The molecule has 94 valence electrons. The number of aromatic nitrogens is 2. The van der Waals surface area contributed by atoms with Crippen molar-refractivity contribution in [1.29, 1.82) is 0 Å². The summed E-state index contributed by atoms with van der Waals surface area (Å²) in [6.45, 7) is 2.70. The van der Waals surface area contributed by atoms with E-state index in [0.717, 1.165) is 23.6 Å². The molecule has 1 unspecified atom stereocenters. The van der Waals surface area contributed by atoms with Gasteiger partial charge in [-0.05, 0) is 36.8 Å². The second-order valence-electron chi connectivity index (χ2n) is 4.41. The Hall–Kier alpha value is -1.94. The molecule has 0 amide bonds. The highest BCUT2D eigenvalue weighted by Crippen LogP contribution is 2.16. The van der Waals surface area contributed by atoms with E-state index in [1.807, 2.05) is 44.3 Å². The Morgan fingerprint density at radius 3 is 2.72 bits per heavy atom. The molecule has 0 aliphatic carbocycles. The van der Waals surface area contributed by atoms with Gasteiger partial charge in [0.15, 0.2) is 0 Å². The van der Waals surface area contributed by atoms with Crippen molar-refractivity contribution < 1.29 is 0 Å². The first kappa shape index (κ1) is 12.5. The fourth-order valence-electron chi connectivity index (χ4n) is 1.74. The Kier molecular flexibility index (Phi) is 3.89. The van der Waals surface area contributed by atoms with Crippen LogP contribution in [-0.2, 0) is 6.54 Å². The predicted octanol–water partition coefficient (Wildman–Crippen LogP) is 2.13. The van der Waals surface area contributed by atoms with Crippen molar-refractivity contribution in [2.75, 3.05) is 11.9 Å². The smallest absolute Gasteiger partial charge is 0.128 e. The van der Waals surface area contributed by atoms with Crippen LogP contribution in [0.25, 0.3) is 0 Å². The van der Waals surface area contributed by atoms with Gasteiger partial charge in [-0.1, -0.05) is 6.07 Å². The average molecular weight is 242 g/mol. The maximum atomic E-state index is 5.88. The topological polar surface area (TPSA) is 55.0 Å². The third-order valence-electron chi connectivity index (χ3n) is 2.81. The first-order valence-electron chi connectivity index (χ1n) is 5.99. The minimum absolute atomic E-state index is 0.0231. The normalized spacial score (nSPS) is 12.2. The summed E-state index contributed by atoms with van der Waals surface area (Å²) >= 11 is 0. The molecule has 0 aliphatic rings. The SMILES string of the molecule is CC(N)c1ccnc(N(C)Cc2ccccn2)c1. The van der Waals surface area contributed by atoms with Crippen LogP contribution in [0, 0.1) is 0 Å². The molecule has 18 heavy (non-hydrogen) atoms. The third-order valence-corrected chi connectivity index (χ3v) is 2.81. The van der Waals surface area contributed by atoms with Gasteiger partial charge in [-0.25, -0.2) is 4.98 Å². The van der Waals surface area contributed by atoms with E-state index in [1.54, 1.807) is 12.4 Å². The second kappa shape index (κ2) is 5.60. The quantitative estimate of drug-likeness (QED) is 0.892. The monoisotopic (exact) mass is 242 g/mol. The summed E-state index contributed by atoms with van der Waals surface area (Å²) in [6.07, 6.45) is 3.60. The number of rotatable bonds is 4. The van der Waals surface area contributed by atoms with Crippen molar-refractivity contribution in [2.45, 2.75) is 19.5 Å². The highest BCUT2D eigenvalue weighted by Gasteiger charge is 2.06. The van der Waals surface area contributed by atoms with Crippen LogP contribution in [0.3, 0.4) is 0 Å². The van der Waals surface area contributed by atoms with Crippen LogP contribution in [0.2, 0.25) is 0 Å². The van der Waals surface area contributed by atoms with E-state index in [4.69, 9.17) is 5.73 Å². The Balaban J connectivity index is 2.14. The van der Waals surface area contributed by atoms with Gasteiger partial charge in [0.1, 0.15) is 5.82 Å². The molecule has 0 fully saturated rings. The van der Waals surface area contributed by atoms with Gasteiger partial charge in [0.2, 0.25) is 0 Å². The highest BCUT2D eigenvalue weighted by molar-refractivity contribution is 5.41. The first-order chi connectivity index (χ1) is 8.66. The van der Waals surface area contributed by atoms with Crippen molar-refractivity contribution in [3.63, 3.8) is 0 Å². The van der Waals surface area contributed by atoms with E-state index in [9.17, 15) is 0 Å². The van der Waals surface area contributed by atoms with Crippen molar-refractivity contribution in [3.05, 3.63) is 54.0 Å². The standard InChI is InChI=1S/C14H18N4/c1-11(15)12-6-8-17-14(9-12)18(2)10-13-5-3-4-7-16-13/h3-9,11H,10,15H2,1-2H3. The summed E-state index contributed by atoms with van der Waals surface area (Å²) in [5, 5.41) is 0. The minimum Gasteiger partial charge on any atom is -0.354 e. The first-order valence-corrected chi connectivity index (χ1v) is 5.99. The zero-order valence-corrected chi connectivity index (χ0v) is 10.7. The molecule has 4 nitrogen and oxygen atoms in total. The van der Waals surface area contributed by atoms with Gasteiger partial charge in [0.05, 0.1) is 12.2 Å². The summed E-state index contributed by atoms with van der Waals surface area (Å²) < 4.78 is 0. The second-order valence-corrected chi connectivity index (χ2v) is 4.41. The molecule has 2 aromatic rings. The van der Waals surface area contributed by atoms with Gasteiger partial charge in [-0.3, -0.25) is 4.98 Å². The summed E-state index contributed by atoms with van der Waals surface area (Å²) in [5.41, 5.74) is 7.99. The average Bonchev–Trinajstić information content (AvgIpc) is 2.40. The van der Waals surface area contributed by atoms with Gasteiger partial charge in [-0.2, -0.15) is 0 Å². The van der Waals surface area contributed by atoms with E-state index in [-0.39, 0.29) is 6.04 Å². The van der Waals surface area contributed by atoms with Crippen LogP contribution in [0.1, 0.15) is 24.2 Å². The zero-order valence-electron chi connectivity index (χ0n) is 10.7. The van der Waals surface area contributed by atoms with Gasteiger partial charge in [-0.15, -0.1) is 0 Å². The Labute approximate surface area is 107 Å². The lowest BCUT2D eigenvalue weighted by atomic mass is 10.1. The number of pyridine rings is 2. The van der Waals surface area contributed by atoms with E-state index in [2.05, 4.69) is 14.9 Å². The third kappa shape index (κ3) is 3.05. The molecule has 2 aromatic heterocycles. The summed E-state index contributed by atoms with van der Waals surface area (Å²) in [5.74, 6) is 0.912. The molecular weight excluding hydrogens is 224 g/mol. The number of anilines is 1. The fourth-order valence-corrected chi connectivity index (χ4v) is 1.74. The van der Waals surface area contributed by atoms with E-state index in [1.165, 1.54) is 0 Å².